The maximum atomic E-state index is 13.6. The predicted molar refractivity (Wildman–Crippen MR) is 128 cm³/mol. The van der Waals surface area contributed by atoms with Crippen LogP contribution in [0.15, 0.2) is 54.8 Å². The van der Waals surface area contributed by atoms with E-state index in [1.54, 1.807) is 11.0 Å². The van der Waals surface area contributed by atoms with Gasteiger partial charge in [-0.1, -0.05) is 30.7 Å². The fourth-order valence-corrected chi connectivity index (χ4v) is 4.86. The molecule has 5 rings (SSSR count). The largest absolute Gasteiger partial charge is 0.496 e. The number of benzene rings is 2. The number of rotatable bonds is 6. The second kappa shape index (κ2) is 8.74. The third-order valence-electron chi connectivity index (χ3n) is 6.38. The van der Waals surface area contributed by atoms with Crippen molar-refractivity contribution in [3.8, 4) is 17.2 Å². The molecular formula is C25H23ClN4O5. The molecule has 35 heavy (non-hydrogen) atoms. The highest BCUT2D eigenvalue weighted by Crippen LogP contribution is 2.53. The van der Waals surface area contributed by atoms with Crippen molar-refractivity contribution >= 4 is 28.9 Å². The highest BCUT2D eigenvalue weighted by Gasteiger charge is 2.60. The number of carbonyl (C=O) groups is 2. The number of ketones is 2. The molecule has 9 nitrogen and oxygen atoms in total. The van der Waals surface area contributed by atoms with Gasteiger partial charge in [-0.2, -0.15) is 5.10 Å². The third-order valence-corrected chi connectivity index (χ3v) is 6.74. The number of carbonyl (C=O) groups excluding carboxylic acids is 2. The summed E-state index contributed by atoms with van der Waals surface area (Å²) in [6, 6.07) is 9.33. The molecule has 10 heteroatoms. The van der Waals surface area contributed by atoms with Gasteiger partial charge in [0, 0.05) is 29.4 Å². The van der Waals surface area contributed by atoms with Crippen LogP contribution in [0, 0.1) is 5.92 Å². The lowest BCUT2D eigenvalue weighted by Crippen LogP contribution is -2.55. The number of halogens is 1. The molecule has 180 valence electrons. The van der Waals surface area contributed by atoms with Crippen molar-refractivity contribution in [2.75, 3.05) is 19.5 Å². The first-order valence-electron chi connectivity index (χ1n) is 11.0. The number of hydrogen-bond acceptors (Lipinski definition) is 8. The van der Waals surface area contributed by atoms with Crippen LogP contribution in [-0.2, 0) is 11.3 Å². The Hall–Kier alpha value is -3.85. The SMILES string of the molecule is COc1cc(OC)c2c(c1Cl)OC1(C(=O)C=C(Nc3ccc(Cn4cncn4)cc3)CC1C)C2=O. The van der Waals surface area contributed by atoms with Crippen molar-refractivity contribution in [3.05, 3.63) is 70.9 Å². The van der Waals surface area contributed by atoms with E-state index in [-0.39, 0.29) is 22.1 Å². The van der Waals surface area contributed by atoms with Crippen LogP contribution in [0.5, 0.6) is 17.2 Å². The van der Waals surface area contributed by atoms with E-state index >= 15 is 0 Å². The van der Waals surface area contributed by atoms with Crippen LogP contribution in [0.2, 0.25) is 5.02 Å². The van der Waals surface area contributed by atoms with E-state index < -0.39 is 23.1 Å². The van der Waals surface area contributed by atoms with Gasteiger partial charge in [0.1, 0.15) is 34.7 Å². The molecule has 2 aromatic carbocycles. The Labute approximate surface area is 206 Å². The van der Waals surface area contributed by atoms with Crippen LogP contribution in [-0.4, -0.2) is 46.2 Å². The Morgan fingerprint density at radius 2 is 1.94 bits per heavy atom. The number of fused-ring (bicyclic) bond motifs is 1. The summed E-state index contributed by atoms with van der Waals surface area (Å²) in [5.41, 5.74) is 1.04. The molecule has 3 aromatic rings. The second-order valence-corrected chi connectivity index (χ2v) is 8.90. The Morgan fingerprint density at radius 3 is 2.57 bits per heavy atom. The average molecular weight is 495 g/mol. The van der Waals surface area contributed by atoms with Gasteiger partial charge < -0.3 is 19.5 Å². The summed E-state index contributed by atoms with van der Waals surface area (Å²) < 4.78 is 18.5. The molecule has 2 unspecified atom stereocenters. The van der Waals surface area contributed by atoms with Crippen molar-refractivity contribution in [1.29, 1.82) is 0 Å². The number of aromatic nitrogens is 3. The molecule has 0 amide bonds. The predicted octanol–water partition coefficient (Wildman–Crippen LogP) is 3.92. The number of anilines is 1. The molecule has 2 atom stereocenters. The normalized spacial score (nSPS) is 20.9. The van der Waals surface area contributed by atoms with Crippen LogP contribution >= 0.6 is 11.6 Å². The van der Waals surface area contributed by atoms with Gasteiger partial charge in [0.05, 0.1) is 20.8 Å². The van der Waals surface area contributed by atoms with Gasteiger partial charge in [-0.25, -0.2) is 9.67 Å². The number of nitrogens with one attached hydrogen (secondary N) is 1. The minimum atomic E-state index is -1.70. The summed E-state index contributed by atoms with van der Waals surface area (Å²) in [5.74, 6) is -0.698. The van der Waals surface area contributed by atoms with Crippen molar-refractivity contribution in [3.63, 3.8) is 0 Å². The molecular weight excluding hydrogens is 472 g/mol. The smallest absolute Gasteiger partial charge is 0.236 e. The van der Waals surface area contributed by atoms with Crippen molar-refractivity contribution in [2.24, 2.45) is 5.92 Å². The summed E-state index contributed by atoms with van der Waals surface area (Å²) in [6.07, 6.45) is 5.01. The monoisotopic (exact) mass is 494 g/mol. The van der Waals surface area contributed by atoms with Crippen LogP contribution in [0.1, 0.15) is 29.3 Å². The van der Waals surface area contributed by atoms with Gasteiger partial charge in [0.2, 0.25) is 17.2 Å². The first kappa shape index (κ1) is 22.9. The first-order valence-corrected chi connectivity index (χ1v) is 11.4. The molecule has 1 aliphatic heterocycles. The Bertz CT molecular complexity index is 1340. The highest BCUT2D eigenvalue weighted by molar-refractivity contribution is 6.36. The van der Waals surface area contributed by atoms with Gasteiger partial charge >= 0.3 is 0 Å². The lowest BCUT2D eigenvalue weighted by Gasteiger charge is -2.35. The number of nitrogens with zero attached hydrogens (tertiary/aromatic N) is 3. The highest BCUT2D eigenvalue weighted by atomic mass is 35.5. The fraction of sp³-hybridized carbons (Fsp3) is 0.280. The molecule has 1 aliphatic carbocycles. The minimum absolute atomic E-state index is 0.112. The van der Waals surface area contributed by atoms with Crippen LogP contribution < -0.4 is 19.5 Å². The van der Waals surface area contributed by atoms with Crippen molar-refractivity contribution in [2.45, 2.75) is 25.5 Å². The Balaban J connectivity index is 1.39. The van der Waals surface area contributed by atoms with E-state index in [0.717, 1.165) is 11.3 Å². The summed E-state index contributed by atoms with van der Waals surface area (Å²) in [6.45, 7) is 2.42. The van der Waals surface area contributed by atoms with Crippen LogP contribution in [0.25, 0.3) is 0 Å². The van der Waals surface area contributed by atoms with E-state index in [0.29, 0.717) is 24.4 Å². The zero-order valence-electron chi connectivity index (χ0n) is 19.4. The van der Waals surface area contributed by atoms with Gasteiger partial charge in [0.25, 0.3) is 0 Å². The maximum Gasteiger partial charge on any atom is 0.236 e. The molecule has 1 N–H and O–H groups in total. The maximum absolute atomic E-state index is 13.6. The van der Waals surface area contributed by atoms with Gasteiger partial charge in [-0.15, -0.1) is 0 Å². The number of allylic oxidation sites excluding steroid dienone is 1. The van der Waals surface area contributed by atoms with Crippen molar-refractivity contribution in [1.82, 2.24) is 14.8 Å². The van der Waals surface area contributed by atoms with Crippen molar-refractivity contribution < 1.29 is 23.8 Å². The van der Waals surface area contributed by atoms with E-state index in [9.17, 15) is 9.59 Å². The number of hydrogen-bond donors (Lipinski definition) is 1. The van der Waals surface area contributed by atoms with Gasteiger partial charge in [-0.3, -0.25) is 9.59 Å². The van der Waals surface area contributed by atoms with Gasteiger partial charge in [0.15, 0.2) is 5.75 Å². The fourth-order valence-electron chi connectivity index (χ4n) is 4.60. The molecule has 0 radical (unpaired) electrons. The summed E-state index contributed by atoms with van der Waals surface area (Å²) in [4.78, 5) is 30.9. The molecule has 2 heterocycles. The van der Waals surface area contributed by atoms with Crippen LogP contribution in [0.3, 0.4) is 0 Å². The summed E-state index contributed by atoms with van der Waals surface area (Å²) in [5, 5.41) is 7.53. The lowest BCUT2D eigenvalue weighted by atomic mass is 9.74. The van der Waals surface area contributed by atoms with E-state index in [2.05, 4.69) is 15.4 Å². The molecule has 1 spiro atoms. The molecule has 0 bridgehead atoms. The second-order valence-electron chi connectivity index (χ2n) is 8.52. The zero-order valence-corrected chi connectivity index (χ0v) is 20.1. The summed E-state index contributed by atoms with van der Waals surface area (Å²) in [7, 11) is 2.89. The van der Waals surface area contributed by atoms with Crippen LogP contribution in [0.4, 0.5) is 5.69 Å². The Morgan fingerprint density at radius 1 is 1.20 bits per heavy atom. The van der Waals surface area contributed by atoms with Gasteiger partial charge in [-0.05, 0) is 24.1 Å². The Kier molecular flexibility index (Phi) is 5.72. The standard InChI is InChI=1S/C25H23ClN4O5/c1-14-8-17(29-16-6-4-15(5-7-16)11-30-13-27-12-28-30)9-20(31)25(14)24(32)21-18(33-2)10-19(34-3)22(26)23(21)35-25/h4-7,9-10,12-14,29H,8,11H2,1-3H3. The summed E-state index contributed by atoms with van der Waals surface area (Å²) >= 11 is 6.43. The zero-order chi connectivity index (χ0) is 24.7. The minimum Gasteiger partial charge on any atom is -0.496 e. The third kappa shape index (κ3) is 3.72. The first-order chi connectivity index (χ1) is 16.9. The van der Waals surface area contributed by atoms with E-state index in [4.69, 9.17) is 25.8 Å². The topological polar surface area (TPSA) is 105 Å². The number of methoxy groups -OCH3 is 2. The molecule has 0 saturated carbocycles. The molecule has 2 aliphatic rings. The number of ether oxygens (including phenoxy) is 3. The average Bonchev–Trinajstić information content (AvgIpc) is 3.47. The molecule has 0 fully saturated rings. The van der Waals surface area contributed by atoms with E-state index in [1.807, 2.05) is 31.2 Å². The van der Waals surface area contributed by atoms with E-state index in [1.165, 1.54) is 32.7 Å². The lowest BCUT2D eigenvalue weighted by molar-refractivity contribution is -0.129. The quantitative estimate of drug-likeness (QED) is 0.514. The molecule has 1 aromatic heterocycles. The molecule has 0 saturated heterocycles. The number of Topliss-reactive ketones (excluding diaryl/α,β-unsaturated/α-hetero) is 1.